The van der Waals surface area contributed by atoms with E-state index in [4.69, 9.17) is 5.11 Å². The van der Waals surface area contributed by atoms with Crippen LogP contribution in [-0.4, -0.2) is 21.0 Å². The largest absolute Gasteiger partial charge is 0.477 e. The summed E-state index contributed by atoms with van der Waals surface area (Å²) in [6.07, 6.45) is 3.83. The first-order chi connectivity index (χ1) is 6.68. The second-order valence-electron chi connectivity index (χ2n) is 3.56. The summed E-state index contributed by atoms with van der Waals surface area (Å²) in [6, 6.07) is 0. The maximum atomic E-state index is 10.9. The van der Waals surface area contributed by atoms with Crippen molar-refractivity contribution in [2.45, 2.75) is 32.6 Å². The zero-order chi connectivity index (χ0) is 10.1. The molecule has 0 radical (unpaired) electrons. The van der Waals surface area contributed by atoms with E-state index in [9.17, 15) is 4.79 Å². The molecule has 14 heavy (non-hydrogen) atoms. The topological polar surface area (TPSA) is 63.1 Å². The van der Waals surface area contributed by atoms with E-state index in [1.54, 1.807) is 6.92 Å². The average molecular weight is 192 g/mol. The Bertz CT molecular complexity index is 388. The number of aromatic nitrogens is 2. The van der Waals surface area contributed by atoms with E-state index in [-0.39, 0.29) is 5.69 Å². The highest BCUT2D eigenvalue weighted by Crippen LogP contribution is 2.21. The number of fused-ring (bicyclic) bond motifs is 1. The standard InChI is InChI=1S/C10H12N2O2/c1-6-11-8-5-3-2-4-7(8)9(12-6)10(13)14/h2-5H2,1H3,(H,13,14). The molecule has 0 saturated heterocycles. The third-order valence-electron chi connectivity index (χ3n) is 2.50. The summed E-state index contributed by atoms with van der Waals surface area (Å²) in [5, 5.41) is 8.97. The second-order valence-corrected chi connectivity index (χ2v) is 3.56. The van der Waals surface area contributed by atoms with Gasteiger partial charge in [0.05, 0.1) is 0 Å². The minimum absolute atomic E-state index is 0.201. The van der Waals surface area contributed by atoms with Crippen LogP contribution in [0.3, 0.4) is 0 Å². The monoisotopic (exact) mass is 192 g/mol. The number of aromatic carboxylic acids is 1. The normalized spacial score (nSPS) is 14.9. The summed E-state index contributed by atoms with van der Waals surface area (Å²) in [6.45, 7) is 1.74. The molecule has 0 fully saturated rings. The first-order valence-electron chi connectivity index (χ1n) is 4.78. The summed E-state index contributed by atoms with van der Waals surface area (Å²) in [5.74, 6) is -0.378. The quantitative estimate of drug-likeness (QED) is 0.729. The molecule has 0 amide bonds. The highest BCUT2D eigenvalue weighted by molar-refractivity contribution is 5.87. The van der Waals surface area contributed by atoms with Crippen LogP contribution in [0.2, 0.25) is 0 Å². The van der Waals surface area contributed by atoms with Gasteiger partial charge in [0.2, 0.25) is 0 Å². The molecule has 4 nitrogen and oxygen atoms in total. The van der Waals surface area contributed by atoms with Gasteiger partial charge in [0.1, 0.15) is 5.82 Å². The van der Waals surface area contributed by atoms with Crippen molar-refractivity contribution in [1.82, 2.24) is 9.97 Å². The summed E-state index contributed by atoms with van der Waals surface area (Å²) in [7, 11) is 0. The van der Waals surface area contributed by atoms with E-state index in [1.807, 2.05) is 0 Å². The van der Waals surface area contributed by atoms with Crippen molar-refractivity contribution in [2.75, 3.05) is 0 Å². The van der Waals surface area contributed by atoms with Gasteiger partial charge >= 0.3 is 5.97 Å². The van der Waals surface area contributed by atoms with E-state index < -0.39 is 5.97 Å². The van der Waals surface area contributed by atoms with Crippen LogP contribution in [-0.2, 0) is 12.8 Å². The molecule has 0 bridgehead atoms. The zero-order valence-corrected chi connectivity index (χ0v) is 8.08. The van der Waals surface area contributed by atoms with E-state index in [2.05, 4.69) is 9.97 Å². The van der Waals surface area contributed by atoms with Crippen LogP contribution in [0.15, 0.2) is 0 Å². The lowest BCUT2D eigenvalue weighted by atomic mass is 9.94. The fourth-order valence-electron chi connectivity index (χ4n) is 1.89. The molecule has 1 heterocycles. The molecule has 0 saturated carbocycles. The summed E-state index contributed by atoms with van der Waals surface area (Å²) in [4.78, 5) is 19.2. The Morgan fingerprint density at radius 2 is 2.00 bits per heavy atom. The molecule has 4 heteroatoms. The van der Waals surface area contributed by atoms with E-state index in [0.717, 1.165) is 36.9 Å². The van der Waals surface area contributed by atoms with Crippen LogP contribution in [0.4, 0.5) is 0 Å². The SMILES string of the molecule is Cc1nc2c(c(C(=O)O)n1)CCCC2. The number of carbonyl (C=O) groups is 1. The molecule has 2 rings (SSSR count). The highest BCUT2D eigenvalue weighted by atomic mass is 16.4. The van der Waals surface area contributed by atoms with Gasteiger partial charge in [0.15, 0.2) is 5.69 Å². The van der Waals surface area contributed by atoms with Gasteiger partial charge in [-0.25, -0.2) is 14.8 Å². The lowest BCUT2D eigenvalue weighted by Gasteiger charge is -2.16. The number of carboxylic acids is 1. The Morgan fingerprint density at radius 3 is 2.71 bits per heavy atom. The Hall–Kier alpha value is -1.45. The molecular weight excluding hydrogens is 180 g/mol. The smallest absolute Gasteiger partial charge is 0.354 e. The fourth-order valence-corrected chi connectivity index (χ4v) is 1.89. The van der Waals surface area contributed by atoms with Gasteiger partial charge in [-0.15, -0.1) is 0 Å². The molecule has 0 aromatic carbocycles. The number of nitrogens with zero attached hydrogens (tertiary/aromatic N) is 2. The van der Waals surface area contributed by atoms with Crippen molar-refractivity contribution < 1.29 is 9.90 Å². The van der Waals surface area contributed by atoms with Gasteiger partial charge in [0.25, 0.3) is 0 Å². The third-order valence-corrected chi connectivity index (χ3v) is 2.50. The maximum absolute atomic E-state index is 10.9. The molecule has 0 spiro atoms. The van der Waals surface area contributed by atoms with E-state index >= 15 is 0 Å². The van der Waals surface area contributed by atoms with Crippen LogP contribution in [0.1, 0.15) is 40.4 Å². The van der Waals surface area contributed by atoms with Crippen LogP contribution in [0, 0.1) is 6.92 Å². The molecule has 1 aromatic heterocycles. The van der Waals surface area contributed by atoms with Crippen molar-refractivity contribution in [2.24, 2.45) is 0 Å². The number of aryl methyl sites for hydroxylation is 2. The Kier molecular flexibility index (Phi) is 2.19. The van der Waals surface area contributed by atoms with Gasteiger partial charge in [-0.2, -0.15) is 0 Å². The minimum Gasteiger partial charge on any atom is -0.477 e. The van der Waals surface area contributed by atoms with Gasteiger partial charge < -0.3 is 5.11 Å². The third kappa shape index (κ3) is 1.47. The molecular formula is C10H12N2O2. The zero-order valence-electron chi connectivity index (χ0n) is 8.08. The molecule has 1 aliphatic rings. The van der Waals surface area contributed by atoms with Crippen LogP contribution in [0.5, 0.6) is 0 Å². The molecule has 0 atom stereocenters. The lowest BCUT2D eigenvalue weighted by Crippen LogP contribution is -2.15. The second kappa shape index (κ2) is 3.36. The Labute approximate surface area is 82.0 Å². The summed E-state index contributed by atoms with van der Waals surface area (Å²) in [5.41, 5.74) is 1.97. The number of carboxylic acid groups (broad SMARTS) is 1. The predicted octanol–water partition coefficient (Wildman–Crippen LogP) is 1.36. The van der Waals surface area contributed by atoms with Gasteiger partial charge in [-0.05, 0) is 32.6 Å². The minimum atomic E-state index is -0.936. The molecule has 0 unspecified atom stereocenters. The molecule has 0 aliphatic heterocycles. The lowest BCUT2D eigenvalue weighted by molar-refractivity contribution is 0.0688. The van der Waals surface area contributed by atoms with Crippen molar-refractivity contribution in [3.05, 3.63) is 22.8 Å². The molecule has 1 aliphatic carbocycles. The van der Waals surface area contributed by atoms with Crippen LogP contribution < -0.4 is 0 Å². The predicted molar refractivity (Wildman–Crippen MR) is 50.4 cm³/mol. The first kappa shape index (κ1) is 9.12. The number of rotatable bonds is 1. The van der Waals surface area contributed by atoms with Gasteiger partial charge in [-0.1, -0.05) is 0 Å². The fraction of sp³-hybridized carbons (Fsp3) is 0.500. The van der Waals surface area contributed by atoms with Crippen molar-refractivity contribution in [1.29, 1.82) is 0 Å². The summed E-state index contributed by atoms with van der Waals surface area (Å²) < 4.78 is 0. The number of hydrogen-bond donors (Lipinski definition) is 1. The van der Waals surface area contributed by atoms with Crippen molar-refractivity contribution >= 4 is 5.97 Å². The highest BCUT2D eigenvalue weighted by Gasteiger charge is 2.20. The van der Waals surface area contributed by atoms with Gasteiger partial charge in [-0.3, -0.25) is 0 Å². The maximum Gasteiger partial charge on any atom is 0.354 e. The Morgan fingerprint density at radius 1 is 1.29 bits per heavy atom. The van der Waals surface area contributed by atoms with Crippen LogP contribution >= 0.6 is 0 Å². The number of hydrogen-bond acceptors (Lipinski definition) is 3. The van der Waals surface area contributed by atoms with Crippen molar-refractivity contribution in [3.8, 4) is 0 Å². The van der Waals surface area contributed by atoms with Gasteiger partial charge in [0, 0.05) is 11.3 Å². The summed E-state index contributed by atoms with van der Waals surface area (Å²) >= 11 is 0. The molecule has 1 N–H and O–H groups in total. The molecule has 74 valence electrons. The average Bonchev–Trinajstić information content (AvgIpc) is 2.16. The first-order valence-corrected chi connectivity index (χ1v) is 4.78. The molecule has 1 aromatic rings. The van der Waals surface area contributed by atoms with Crippen molar-refractivity contribution in [3.63, 3.8) is 0 Å². The van der Waals surface area contributed by atoms with E-state index in [1.165, 1.54) is 0 Å². The van der Waals surface area contributed by atoms with Crippen LogP contribution in [0.25, 0.3) is 0 Å². The van der Waals surface area contributed by atoms with E-state index in [0.29, 0.717) is 5.82 Å². The Balaban J connectivity index is 2.58.